The van der Waals surface area contributed by atoms with Crippen molar-refractivity contribution in [2.75, 3.05) is 18.1 Å². The number of carbonyl (C=O) groups excluding carboxylic acids is 1. The number of carbonyl (C=O) groups is 1. The molecule has 0 radical (unpaired) electrons. The van der Waals surface area contributed by atoms with Crippen LogP contribution >= 0.6 is 24.0 Å². The van der Waals surface area contributed by atoms with Gasteiger partial charge >= 0.3 is 0 Å². The van der Waals surface area contributed by atoms with E-state index >= 15 is 0 Å². The van der Waals surface area contributed by atoms with E-state index in [1.807, 2.05) is 69.3 Å². The standard InChI is InChI=1S/C21H21NO3S2/c1-4-24-17-11-10-15(12-18(17)25-5-2)13-19-20(23)22(21(26)27-19)16-9-7-6-8-14(16)3/h6-13H,4-5H2,1-3H3/b19-13+. The normalized spacial score (nSPS) is 15.5. The summed E-state index contributed by atoms with van der Waals surface area (Å²) in [4.78, 5) is 15.1. The highest BCUT2D eigenvalue weighted by Crippen LogP contribution is 2.38. The van der Waals surface area contributed by atoms with Crippen molar-refractivity contribution in [3.05, 3.63) is 58.5 Å². The molecule has 1 saturated heterocycles. The molecule has 1 fully saturated rings. The highest BCUT2D eigenvalue weighted by molar-refractivity contribution is 8.27. The summed E-state index contributed by atoms with van der Waals surface area (Å²) in [7, 11) is 0. The van der Waals surface area contributed by atoms with E-state index < -0.39 is 0 Å². The predicted octanol–water partition coefficient (Wildman–Crippen LogP) is 5.20. The molecule has 2 aromatic carbocycles. The molecule has 2 aromatic rings. The Morgan fingerprint density at radius 3 is 2.48 bits per heavy atom. The third-order valence-corrected chi connectivity index (χ3v) is 5.32. The quantitative estimate of drug-likeness (QED) is 0.493. The van der Waals surface area contributed by atoms with Gasteiger partial charge in [-0.15, -0.1) is 0 Å². The van der Waals surface area contributed by atoms with Crippen molar-refractivity contribution in [2.45, 2.75) is 20.8 Å². The number of aryl methyl sites for hydroxylation is 1. The fraction of sp³-hybridized carbons (Fsp3) is 0.238. The largest absolute Gasteiger partial charge is 0.490 e. The molecular weight excluding hydrogens is 378 g/mol. The van der Waals surface area contributed by atoms with Crippen LogP contribution in [0.1, 0.15) is 25.0 Å². The summed E-state index contributed by atoms with van der Waals surface area (Å²) in [6.07, 6.45) is 1.84. The van der Waals surface area contributed by atoms with Crippen LogP contribution in [-0.4, -0.2) is 23.4 Å². The van der Waals surface area contributed by atoms with Crippen molar-refractivity contribution in [3.8, 4) is 11.5 Å². The van der Waals surface area contributed by atoms with Crippen molar-refractivity contribution >= 4 is 46.0 Å². The van der Waals surface area contributed by atoms with Crippen LogP contribution in [0.4, 0.5) is 5.69 Å². The third-order valence-electron chi connectivity index (χ3n) is 4.02. The molecule has 0 unspecified atom stereocenters. The van der Waals surface area contributed by atoms with Crippen LogP contribution in [0.15, 0.2) is 47.4 Å². The molecule has 0 bridgehead atoms. The molecule has 4 nitrogen and oxygen atoms in total. The second-order valence-electron chi connectivity index (χ2n) is 5.88. The van der Waals surface area contributed by atoms with E-state index in [1.54, 1.807) is 4.90 Å². The van der Waals surface area contributed by atoms with Gasteiger partial charge in [-0.05, 0) is 56.2 Å². The SMILES string of the molecule is CCOc1ccc(/C=C2/SC(=S)N(c3ccccc3C)C2=O)cc1OCC. The van der Waals surface area contributed by atoms with Gasteiger partial charge in [0.1, 0.15) is 0 Å². The lowest BCUT2D eigenvalue weighted by atomic mass is 10.1. The maximum absolute atomic E-state index is 12.9. The summed E-state index contributed by atoms with van der Waals surface area (Å²) in [5, 5.41) is 0. The summed E-state index contributed by atoms with van der Waals surface area (Å²) in [5.74, 6) is 1.26. The second kappa shape index (κ2) is 8.59. The molecule has 0 N–H and O–H groups in total. The molecule has 3 rings (SSSR count). The Bertz CT molecular complexity index is 908. The predicted molar refractivity (Wildman–Crippen MR) is 116 cm³/mol. The van der Waals surface area contributed by atoms with Crippen molar-refractivity contribution < 1.29 is 14.3 Å². The molecule has 0 aromatic heterocycles. The van der Waals surface area contributed by atoms with E-state index in [9.17, 15) is 4.79 Å². The van der Waals surface area contributed by atoms with Gasteiger partial charge in [-0.1, -0.05) is 48.2 Å². The first kappa shape index (κ1) is 19.5. The van der Waals surface area contributed by atoms with E-state index in [2.05, 4.69) is 0 Å². The van der Waals surface area contributed by atoms with E-state index in [4.69, 9.17) is 21.7 Å². The number of ether oxygens (including phenoxy) is 2. The average molecular weight is 400 g/mol. The number of hydrogen-bond donors (Lipinski definition) is 0. The Labute approximate surface area is 169 Å². The highest BCUT2D eigenvalue weighted by atomic mass is 32.2. The topological polar surface area (TPSA) is 38.8 Å². The molecule has 0 aliphatic carbocycles. The Kier molecular flexibility index (Phi) is 6.19. The van der Waals surface area contributed by atoms with Crippen LogP contribution in [-0.2, 0) is 4.79 Å². The van der Waals surface area contributed by atoms with Crippen molar-refractivity contribution in [2.24, 2.45) is 0 Å². The van der Waals surface area contributed by atoms with Crippen molar-refractivity contribution in [1.29, 1.82) is 0 Å². The zero-order chi connectivity index (χ0) is 19.4. The minimum absolute atomic E-state index is 0.105. The molecule has 27 heavy (non-hydrogen) atoms. The first-order chi connectivity index (χ1) is 13.0. The molecular formula is C21H21NO3S2. The molecule has 140 valence electrons. The van der Waals surface area contributed by atoms with Crippen molar-refractivity contribution in [3.63, 3.8) is 0 Å². The van der Waals surface area contributed by atoms with Gasteiger partial charge in [-0.2, -0.15) is 0 Å². The molecule has 1 heterocycles. The Hall–Kier alpha value is -2.31. The molecule has 0 saturated carbocycles. The summed E-state index contributed by atoms with van der Waals surface area (Å²) in [6, 6.07) is 13.4. The first-order valence-electron chi connectivity index (χ1n) is 8.78. The van der Waals surface area contributed by atoms with Gasteiger partial charge in [0.25, 0.3) is 5.91 Å². The first-order valence-corrected chi connectivity index (χ1v) is 10.0. The summed E-state index contributed by atoms with van der Waals surface area (Å²) in [6.45, 7) is 6.93. The Morgan fingerprint density at radius 1 is 1.07 bits per heavy atom. The van der Waals surface area contributed by atoms with Crippen LogP contribution in [0.2, 0.25) is 0 Å². The van der Waals surface area contributed by atoms with Crippen LogP contribution in [0.3, 0.4) is 0 Å². The number of hydrogen-bond acceptors (Lipinski definition) is 5. The van der Waals surface area contributed by atoms with Gasteiger partial charge in [0.15, 0.2) is 15.8 Å². The van der Waals surface area contributed by atoms with Gasteiger partial charge in [0.05, 0.1) is 23.8 Å². The minimum Gasteiger partial charge on any atom is -0.490 e. The monoisotopic (exact) mass is 399 g/mol. The van der Waals surface area contributed by atoms with Crippen LogP contribution < -0.4 is 14.4 Å². The Morgan fingerprint density at radius 2 is 1.78 bits per heavy atom. The maximum Gasteiger partial charge on any atom is 0.270 e. The number of benzene rings is 2. The number of para-hydroxylation sites is 1. The highest BCUT2D eigenvalue weighted by Gasteiger charge is 2.33. The third kappa shape index (κ3) is 4.17. The van der Waals surface area contributed by atoms with Crippen LogP contribution in [0, 0.1) is 6.92 Å². The molecule has 1 aliphatic heterocycles. The number of amides is 1. The minimum atomic E-state index is -0.105. The zero-order valence-electron chi connectivity index (χ0n) is 15.5. The van der Waals surface area contributed by atoms with Gasteiger partial charge in [-0.25, -0.2) is 0 Å². The number of anilines is 1. The lowest BCUT2D eigenvalue weighted by Gasteiger charge is -2.16. The van der Waals surface area contributed by atoms with E-state index in [0.29, 0.717) is 33.9 Å². The maximum atomic E-state index is 12.9. The van der Waals surface area contributed by atoms with Crippen molar-refractivity contribution in [1.82, 2.24) is 0 Å². The average Bonchev–Trinajstić information content (AvgIpc) is 2.92. The number of nitrogens with zero attached hydrogens (tertiary/aromatic N) is 1. The van der Waals surface area contributed by atoms with Gasteiger partial charge < -0.3 is 9.47 Å². The van der Waals surface area contributed by atoms with Gasteiger partial charge in [-0.3, -0.25) is 9.69 Å². The fourth-order valence-corrected chi connectivity index (χ4v) is 4.08. The number of thioether (sulfide) groups is 1. The Balaban J connectivity index is 1.92. The molecule has 1 amide bonds. The molecule has 0 spiro atoms. The lowest BCUT2D eigenvalue weighted by molar-refractivity contribution is -0.113. The summed E-state index contributed by atoms with van der Waals surface area (Å²) in [5.41, 5.74) is 2.70. The van der Waals surface area contributed by atoms with Gasteiger partial charge in [0.2, 0.25) is 0 Å². The molecule has 1 aliphatic rings. The summed E-state index contributed by atoms with van der Waals surface area (Å²) < 4.78 is 11.8. The van der Waals surface area contributed by atoms with E-state index in [0.717, 1.165) is 16.8 Å². The lowest BCUT2D eigenvalue weighted by Crippen LogP contribution is -2.28. The number of rotatable bonds is 6. The van der Waals surface area contributed by atoms with E-state index in [-0.39, 0.29) is 5.91 Å². The molecule has 0 atom stereocenters. The summed E-state index contributed by atoms with van der Waals surface area (Å²) >= 11 is 6.77. The van der Waals surface area contributed by atoms with Gasteiger partial charge in [0, 0.05) is 0 Å². The second-order valence-corrected chi connectivity index (χ2v) is 7.55. The number of thiocarbonyl (C=S) groups is 1. The smallest absolute Gasteiger partial charge is 0.270 e. The fourth-order valence-electron chi connectivity index (χ4n) is 2.80. The van der Waals surface area contributed by atoms with E-state index in [1.165, 1.54) is 11.8 Å². The van der Waals surface area contributed by atoms with Crippen LogP contribution in [0.25, 0.3) is 6.08 Å². The molecule has 6 heteroatoms. The van der Waals surface area contributed by atoms with Crippen LogP contribution in [0.5, 0.6) is 11.5 Å². The zero-order valence-corrected chi connectivity index (χ0v) is 17.2.